The Kier molecular flexibility index (Phi) is 3.54. The van der Waals surface area contributed by atoms with Crippen LogP contribution in [0.25, 0.3) is 0 Å². The second-order valence-electron chi connectivity index (χ2n) is 5.32. The largest absolute Gasteiger partial charge is 0.381 e. The quantitative estimate of drug-likeness (QED) is 0.694. The van der Waals surface area contributed by atoms with Crippen molar-refractivity contribution >= 4 is 5.91 Å². The Labute approximate surface area is 107 Å². The Hall–Kier alpha value is -0.650. The molecule has 3 aliphatic heterocycles. The van der Waals surface area contributed by atoms with Gasteiger partial charge in [0, 0.05) is 45.1 Å². The van der Waals surface area contributed by atoms with Gasteiger partial charge in [-0.25, -0.2) is 0 Å². The average Bonchev–Trinajstić information content (AvgIpc) is 2.88. The second kappa shape index (κ2) is 5.15. The van der Waals surface area contributed by atoms with Gasteiger partial charge in [-0.15, -0.1) is 0 Å². The van der Waals surface area contributed by atoms with E-state index in [2.05, 4.69) is 0 Å². The molecule has 5 heteroatoms. The van der Waals surface area contributed by atoms with E-state index in [4.69, 9.17) is 14.2 Å². The highest BCUT2D eigenvalue weighted by atomic mass is 16.7. The van der Waals surface area contributed by atoms with Crippen LogP contribution in [0.4, 0.5) is 0 Å². The first-order valence-electron chi connectivity index (χ1n) is 6.94. The van der Waals surface area contributed by atoms with Crippen molar-refractivity contribution in [1.82, 2.24) is 4.90 Å². The molecule has 3 aliphatic rings. The third kappa shape index (κ3) is 2.39. The maximum Gasteiger partial charge on any atom is 0.225 e. The number of likely N-dealkylation sites (tertiary alicyclic amines) is 1. The van der Waals surface area contributed by atoms with Crippen LogP contribution in [0, 0.1) is 5.92 Å². The molecule has 3 fully saturated rings. The number of rotatable bonds is 1. The molecule has 3 saturated heterocycles. The SMILES string of the molecule is O=C(C1CCOCC1)N1CCC2(CC1)OCCO2. The van der Waals surface area contributed by atoms with Crippen molar-refractivity contribution < 1.29 is 19.0 Å². The third-order valence-corrected chi connectivity index (χ3v) is 4.22. The fourth-order valence-electron chi connectivity index (χ4n) is 3.06. The molecule has 1 spiro atoms. The van der Waals surface area contributed by atoms with E-state index in [1.165, 1.54) is 0 Å². The lowest BCUT2D eigenvalue weighted by Gasteiger charge is -2.39. The van der Waals surface area contributed by atoms with Gasteiger partial charge in [-0.2, -0.15) is 0 Å². The Morgan fingerprint density at radius 3 is 2.22 bits per heavy atom. The zero-order valence-electron chi connectivity index (χ0n) is 10.7. The second-order valence-corrected chi connectivity index (χ2v) is 5.32. The summed E-state index contributed by atoms with van der Waals surface area (Å²) in [5, 5.41) is 0. The smallest absolute Gasteiger partial charge is 0.225 e. The first-order chi connectivity index (χ1) is 8.79. The van der Waals surface area contributed by atoms with E-state index >= 15 is 0 Å². The molecule has 0 aromatic heterocycles. The number of carbonyl (C=O) groups is 1. The Morgan fingerprint density at radius 1 is 1.00 bits per heavy atom. The van der Waals surface area contributed by atoms with Crippen molar-refractivity contribution in [3.8, 4) is 0 Å². The summed E-state index contributed by atoms with van der Waals surface area (Å²) in [6, 6.07) is 0. The van der Waals surface area contributed by atoms with Gasteiger partial charge in [0.15, 0.2) is 5.79 Å². The standard InChI is InChI=1S/C13H21NO4/c15-12(11-1-7-16-8-2-11)14-5-3-13(4-6-14)17-9-10-18-13/h11H,1-10H2. The van der Waals surface area contributed by atoms with E-state index in [1.54, 1.807) is 0 Å². The summed E-state index contributed by atoms with van der Waals surface area (Å²) in [5.74, 6) is 0.0799. The van der Waals surface area contributed by atoms with Gasteiger partial charge in [-0.05, 0) is 12.8 Å². The van der Waals surface area contributed by atoms with Gasteiger partial charge < -0.3 is 19.1 Å². The van der Waals surface area contributed by atoms with Crippen LogP contribution < -0.4 is 0 Å². The normalized spacial score (nSPS) is 28.8. The van der Waals surface area contributed by atoms with Crippen molar-refractivity contribution in [2.24, 2.45) is 5.92 Å². The zero-order chi connectivity index (χ0) is 12.4. The molecule has 0 radical (unpaired) electrons. The fourth-order valence-corrected chi connectivity index (χ4v) is 3.06. The first kappa shape index (κ1) is 12.4. The molecule has 3 rings (SSSR count). The summed E-state index contributed by atoms with van der Waals surface area (Å²) in [5.41, 5.74) is 0. The number of ether oxygens (including phenoxy) is 3. The van der Waals surface area contributed by atoms with Crippen LogP contribution >= 0.6 is 0 Å². The number of hydrogen-bond acceptors (Lipinski definition) is 4. The molecule has 0 aromatic rings. The Morgan fingerprint density at radius 2 is 1.61 bits per heavy atom. The van der Waals surface area contributed by atoms with Crippen LogP contribution in [0.2, 0.25) is 0 Å². The van der Waals surface area contributed by atoms with Crippen molar-refractivity contribution in [1.29, 1.82) is 0 Å². The Balaban J connectivity index is 1.53. The van der Waals surface area contributed by atoms with Crippen LogP contribution in [0.5, 0.6) is 0 Å². The number of hydrogen-bond donors (Lipinski definition) is 0. The lowest BCUT2D eigenvalue weighted by atomic mass is 9.96. The minimum Gasteiger partial charge on any atom is -0.381 e. The van der Waals surface area contributed by atoms with Gasteiger partial charge in [0.2, 0.25) is 5.91 Å². The predicted octanol–water partition coefficient (Wildman–Crippen LogP) is 0.778. The molecule has 18 heavy (non-hydrogen) atoms. The Bertz CT molecular complexity index is 298. The van der Waals surface area contributed by atoms with Crippen LogP contribution in [-0.4, -0.2) is 56.1 Å². The number of amides is 1. The first-order valence-corrected chi connectivity index (χ1v) is 6.94. The monoisotopic (exact) mass is 255 g/mol. The van der Waals surface area contributed by atoms with Crippen molar-refractivity contribution in [2.45, 2.75) is 31.5 Å². The lowest BCUT2D eigenvalue weighted by molar-refractivity contribution is -0.188. The van der Waals surface area contributed by atoms with Gasteiger partial charge in [0.25, 0.3) is 0 Å². The van der Waals surface area contributed by atoms with E-state index in [-0.39, 0.29) is 11.7 Å². The summed E-state index contributed by atoms with van der Waals surface area (Å²) < 4.78 is 16.7. The lowest BCUT2D eigenvalue weighted by Crippen LogP contribution is -2.49. The van der Waals surface area contributed by atoms with Crippen molar-refractivity contribution in [2.75, 3.05) is 39.5 Å². The van der Waals surface area contributed by atoms with E-state index in [0.29, 0.717) is 19.1 Å². The van der Waals surface area contributed by atoms with E-state index in [1.807, 2.05) is 4.90 Å². The predicted molar refractivity (Wildman–Crippen MR) is 64.0 cm³/mol. The molecule has 0 saturated carbocycles. The number of carbonyl (C=O) groups excluding carboxylic acids is 1. The zero-order valence-corrected chi connectivity index (χ0v) is 10.7. The van der Waals surface area contributed by atoms with E-state index in [0.717, 1.165) is 52.0 Å². The van der Waals surface area contributed by atoms with E-state index in [9.17, 15) is 4.79 Å². The molecule has 102 valence electrons. The topological polar surface area (TPSA) is 48.0 Å². The van der Waals surface area contributed by atoms with Gasteiger partial charge in [-0.1, -0.05) is 0 Å². The highest BCUT2D eigenvalue weighted by Gasteiger charge is 2.41. The van der Waals surface area contributed by atoms with Crippen molar-refractivity contribution in [3.63, 3.8) is 0 Å². The van der Waals surface area contributed by atoms with Crippen LogP contribution in [0.1, 0.15) is 25.7 Å². The van der Waals surface area contributed by atoms with E-state index < -0.39 is 0 Å². The molecular weight excluding hydrogens is 234 g/mol. The highest BCUT2D eigenvalue weighted by molar-refractivity contribution is 5.79. The van der Waals surface area contributed by atoms with Crippen molar-refractivity contribution in [3.05, 3.63) is 0 Å². The van der Waals surface area contributed by atoms with Crippen LogP contribution in [0.3, 0.4) is 0 Å². The molecule has 0 aliphatic carbocycles. The summed E-state index contributed by atoms with van der Waals surface area (Å²) in [6.07, 6.45) is 3.35. The molecule has 0 unspecified atom stereocenters. The molecule has 3 heterocycles. The summed E-state index contributed by atoms with van der Waals surface area (Å²) in [7, 11) is 0. The summed E-state index contributed by atoms with van der Waals surface area (Å²) in [4.78, 5) is 14.3. The van der Waals surface area contributed by atoms with Gasteiger partial charge >= 0.3 is 0 Å². The van der Waals surface area contributed by atoms with Crippen LogP contribution in [0.15, 0.2) is 0 Å². The molecule has 1 amide bonds. The molecular formula is C13H21NO4. The maximum absolute atomic E-state index is 12.3. The maximum atomic E-state index is 12.3. The van der Waals surface area contributed by atoms with Crippen LogP contribution in [-0.2, 0) is 19.0 Å². The molecule has 0 N–H and O–H groups in total. The number of nitrogens with zero attached hydrogens (tertiary/aromatic N) is 1. The minimum atomic E-state index is -0.382. The third-order valence-electron chi connectivity index (χ3n) is 4.22. The molecule has 0 atom stereocenters. The van der Waals surface area contributed by atoms with Gasteiger partial charge in [0.05, 0.1) is 13.2 Å². The summed E-state index contributed by atoms with van der Waals surface area (Å²) in [6.45, 7) is 4.34. The minimum absolute atomic E-state index is 0.165. The molecule has 0 bridgehead atoms. The van der Waals surface area contributed by atoms with Gasteiger partial charge in [-0.3, -0.25) is 4.79 Å². The average molecular weight is 255 g/mol. The number of piperidine rings is 1. The molecule has 0 aromatic carbocycles. The molecule has 5 nitrogen and oxygen atoms in total. The summed E-state index contributed by atoms with van der Waals surface area (Å²) >= 11 is 0. The van der Waals surface area contributed by atoms with Gasteiger partial charge in [0.1, 0.15) is 0 Å². The fraction of sp³-hybridized carbons (Fsp3) is 0.923. The highest BCUT2D eigenvalue weighted by Crippen LogP contribution is 2.32.